The van der Waals surface area contributed by atoms with Crippen LogP contribution in [0.5, 0.6) is 0 Å². The van der Waals surface area contributed by atoms with Gasteiger partial charge in [0.05, 0.1) is 6.54 Å². The molecule has 0 amide bonds. The molecule has 0 unspecified atom stereocenters. The molecule has 1 rings (SSSR count). The number of benzene rings is 1. The lowest BCUT2D eigenvalue weighted by Gasteiger charge is -2.19. The molecule has 0 aromatic heterocycles. The van der Waals surface area contributed by atoms with Gasteiger partial charge in [-0.1, -0.05) is 20.3 Å². The minimum Gasteiger partial charge on any atom is -0.296 e. The third kappa shape index (κ3) is 4.18. The van der Waals surface area contributed by atoms with E-state index < -0.39 is 11.6 Å². The zero-order valence-corrected chi connectivity index (χ0v) is 10.9. The topological polar surface area (TPSA) is 20.3 Å². The summed E-state index contributed by atoms with van der Waals surface area (Å²) in [6, 6.07) is 3.28. The van der Waals surface area contributed by atoms with Gasteiger partial charge in [-0.25, -0.2) is 8.78 Å². The summed E-state index contributed by atoms with van der Waals surface area (Å²) in [5, 5.41) is 0. The molecule has 0 fully saturated rings. The fourth-order valence-corrected chi connectivity index (χ4v) is 1.69. The van der Waals surface area contributed by atoms with E-state index in [9.17, 15) is 13.6 Å². The van der Waals surface area contributed by atoms with Gasteiger partial charge >= 0.3 is 0 Å². The summed E-state index contributed by atoms with van der Waals surface area (Å²) in [5.41, 5.74) is 0.226. The molecule has 1 aromatic carbocycles. The molecular weight excluding hydrogens is 236 g/mol. The second kappa shape index (κ2) is 7.21. The van der Waals surface area contributed by atoms with Gasteiger partial charge in [-0.3, -0.25) is 9.69 Å². The number of ketones is 1. The molecule has 0 saturated heterocycles. The molecule has 0 aliphatic carbocycles. The molecule has 4 heteroatoms. The fourth-order valence-electron chi connectivity index (χ4n) is 1.69. The van der Waals surface area contributed by atoms with Gasteiger partial charge in [0.1, 0.15) is 0 Å². The summed E-state index contributed by atoms with van der Waals surface area (Å²) in [4.78, 5) is 13.9. The van der Waals surface area contributed by atoms with Crippen molar-refractivity contribution in [1.29, 1.82) is 0 Å². The first kappa shape index (κ1) is 14.8. The lowest BCUT2D eigenvalue weighted by Crippen LogP contribution is -2.30. The Kier molecular flexibility index (Phi) is 5.92. The molecule has 1 aromatic rings. The highest BCUT2D eigenvalue weighted by atomic mass is 19.2. The van der Waals surface area contributed by atoms with Crippen LogP contribution in [0.15, 0.2) is 18.2 Å². The van der Waals surface area contributed by atoms with Crippen molar-refractivity contribution in [3.63, 3.8) is 0 Å². The lowest BCUT2D eigenvalue weighted by molar-refractivity contribution is 0.0932. The zero-order valence-electron chi connectivity index (χ0n) is 10.9. The van der Waals surface area contributed by atoms with E-state index in [1.54, 1.807) is 0 Å². The third-order valence-electron chi connectivity index (χ3n) is 2.88. The maximum Gasteiger partial charge on any atom is 0.176 e. The van der Waals surface area contributed by atoms with Crippen LogP contribution in [0.25, 0.3) is 0 Å². The summed E-state index contributed by atoms with van der Waals surface area (Å²) in [5.74, 6) is -2.07. The van der Waals surface area contributed by atoms with Crippen molar-refractivity contribution in [1.82, 2.24) is 4.90 Å². The second-order valence-corrected chi connectivity index (χ2v) is 4.27. The minimum atomic E-state index is -0.975. The first-order valence-corrected chi connectivity index (χ1v) is 6.29. The van der Waals surface area contributed by atoms with Crippen LogP contribution >= 0.6 is 0 Å². The molecule has 0 N–H and O–H groups in total. The number of hydrogen-bond donors (Lipinski definition) is 0. The SMILES string of the molecule is CCCCN(CC)CC(=O)c1ccc(F)c(F)c1. The number of carbonyl (C=O) groups excluding carboxylic acids is 1. The van der Waals surface area contributed by atoms with Gasteiger partial charge in [0.25, 0.3) is 0 Å². The average Bonchev–Trinajstić information content (AvgIpc) is 2.37. The van der Waals surface area contributed by atoms with Crippen LogP contribution in [0.2, 0.25) is 0 Å². The average molecular weight is 255 g/mol. The van der Waals surface area contributed by atoms with Crippen molar-refractivity contribution in [2.75, 3.05) is 19.6 Å². The maximum atomic E-state index is 13.0. The highest BCUT2D eigenvalue weighted by Gasteiger charge is 2.13. The molecule has 0 spiro atoms. The van der Waals surface area contributed by atoms with E-state index in [4.69, 9.17) is 0 Å². The van der Waals surface area contributed by atoms with Crippen LogP contribution in [0.1, 0.15) is 37.0 Å². The standard InChI is InChI=1S/C14H19F2NO/c1-3-5-8-17(4-2)10-14(18)11-6-7-12(15)13(16)9-11/h6-7,9H,3-5,8,10H2,1-2H3. The van der Waals surface area contributed by atoms with E-state index >= 15 is 0 Å². The van der Waals surface area contributed by atoms with Gasteiger partial charge in [-0.15, -0.1) is 0 Å². The van der Waals surface area contributed by atoms with Gasteiger partial charge < -0.3 is 0 Å². The summed E-state index contributed by atoms with van der Waals surface area (Å²) in [6.07, 6.45) is 2.09. The van der Waals surface area contributed by atoms with Crippen LogP contribution in [0.4, 0.5) is 8.78 Å². The molecule has 0 aliphatic heterocycles. The van der Waals surface area contributed by atoms with Gasteiger partial charge in [0.15, 0.2) is 17.4 Å². The molecule has 0 atom stereocenters. The predicted molar refractivity (Wildman–Crippen MR) is 67.7 cm³/mol. The Morgan fingerprint density at radius 3 is 2.50 bits per heavy atom. The number of carbonyl (C=O) groups is 1. The quantitative estimate of drug-likeness (QED) is 0.697. The number of likely N-dealkylation sites (N-methyl/N-ethyl adjacent to an activating group) is 1. The number of Topliss-reactive ketones (excluding diaryl/α,β-unsaturated/α-hetero) is 1. The maximum absolute atomic E-state index is 13.0. The van der Waals surface area contributed by atoms with Crippen LogP contribution in [-0.4, -0.2) is 30.3 Å². The van der Waals surface area contributed by atoms with Crippen molar-refractivity contribution < 1.29 is 13.6 Å². The molecule has 2 nitrogen and oxygen atoms in total. The Balaban J connectivity index is 2.65. The second-order valence-electron chi connectivity index (χ2n) is 4.27. The van der Waals surface area contributed by atoms with Crippen molar-refractivity contribution in [2.24, 2.45) is 0 Å². The monoisotopic (exact) mass is 255 g/mol. The van der Waals surface area contributed by atoms with Gasteiger partial charge in [-0.05, 0) is 37.7 Å². The van der Waals surface area contributed by atoms with Crippen LogP contribution in [0, 0.1) is 11.6 Å². The lowest BCUT2D eigenvalue weighted by atomic mass is 10.1. The molecule has 0 heterocycles. The summed E-state index contributed by atoms with van der Waals surface area (Å²) in [6.45, 7) is 5.94. The Morgan fingerprint density at radius 2 is 1.94 bits per heavy atom. The number of unbranched alkanes of at least 4 members (excludes halogenated alkanes) is 1. The number of halogens is 2. The minimum absolute atomic E-state index is 0.174. The first-order valence-electron chi connectivity index (χ1n) is 6.29. The van der Waals surface area contributed by atoms with Crippen molar-refractivity contribution in [2.45, 2.75) is 26.7 Å². The normalized spacial score (nSPS) is 10.9. The Hall–Kier alpha value is -1.29. The largest absolute Gasteiger partial charge is 0.296 e. The Morgan fingerprint density at radius 1 is 1.22 bits per heavy atom. The highest BCUT2D eigenvalue weighted by Crippen LogP contribution is 2.10. The molecule has 0 saturated carbocycles. The highest BCUT2D eigenvalue weighted by molar-refractivity contribution is 5.97. The van der Waals surface area contributed by atoms with E-state index in [0.717, 1.165) is 38.1 Å². The van der Waals surface area contributed by atoms with E-state index in [0.29, 0.717) is 0 Å². The van der Waals surface area contributed by atoms with Crippen LogP contribution < -0.4 is 0 Å². The molecule has 18 heavy (non-hydrogen) atoms. The van der Waals surface area contributed by atoms with E-state index in [-0.39, 0.29) is 17.9 Å². The number of nitrogens with zero attached hydrogens (tertiary/aromatic N) is 1. The van der Waals surface area contributed by atoms with Gasteiger partial charge in [-0.2, -0.15) is 0 Å². The molecule has 0 aliphatic rings. The zero-order chi connectivity index (χ0) is 13.5. The molecule has 0 radical (unpaired) electrons. The predicted octanol–water partition coefficient (Wildman–Crippen LogP) is 3.27. The van der Waals surface area contributed by atoms with Crippen LogP contribution in [-0.2, 0) is 0 Å². The van der Waals surface area contributed by atoms with E-state index in [2.05, 4.69) is 6.92 Å². The van der Waals surface area contributed by atoms with Gasteiger partial charge in [0.2, 0.25) is 0 Å². The summed E-state index contributed by atoms with van der Waals surface area (Å²) < 4.78 is 25.8. The molecule has 0 bridgehead atoms. The summed E-state index contributed by atoms with van der Waals surface area (Å²) >= 11 is 0. The van der Waals surface area contributed by atoms with Gasteiger partial charge in [0, 0.05) is 5.56 Å². The van der Waals surface area contributed by atoms with Crippen molar-refractivity contribution in [3.05, 3.63) is 35.4 Å². The number of hydrogen-bond acceptors (Lipinski definition) is 2. The molecular formula is C14H19F2NO. The fraction of sp³-hybridized carbons (Fsp3) is 0.500. The van der Waals surface area contributed by atoms with E-state index in [1.165, 1.54) is 6.07 Å². The Labute approximate surface area is 107 Å². The smallest absolute Gasteiger partial charge is 0.176 e. The third-order valence-corrected chi connectivity index (χ3v) is 2.88. The van der Waals surface area contributed by atoms with E-state index in [1.807, 2.05) is 11.8 Å². The summed E-state index contributed by atoms with van der Waals surface area (Å²) in [7, 11) is 0. The molecule has 100 valence electrons. The van der Waals surface area contributed by atoms with Crippen molar-refractivity contribution in [3.8, 4) is 0 Å². The van der Waals surface area contributed by atoms with Crippen molar-refractivity contribution >= 4 is 5.78 Å². The number of rotatable bonds is 7. The first-order chi connectivity index (χ1) is 8.58. The van der Waals surface area contributed by atoms with Crippen LogP contribution in [0.3, 0.4) is 0 Å². The Bertz CT molecular complexity index is 407.